The summed E-state index contributed by atoms with van der Waals surface area (Å²) >= 11 is 0. The van der Waals surface area contributed by atoms with Crippen LogP contribution in [-0.2, 0) is 19.6 Å². The third kappa shape index (κ3) is 1.72. The van der Waals surface area contributed by atoms with E-state index in [0.717, 1.165) is 29.6 Å². The van der Waals surface area contributed by atoms with Crippen molar-refractivity contribution in [3.05, 3.63) is 48.0 Å². The summed E-state index contributed by atoms with van der Waals surface area (Å²) in [6.07, 6.45) is 4.08. The normalized spacial score (nSPS) is 13.8. The first kappa shape index (κ1) is 11.6. The Kier molecular flexibility index (Phi) is 2.57. The van der Waals surface area contributed by atoms with Crippen LogP contribution in [0.3, 0.4) is 0 Å². The SMILES string of the molecule is OCc1ccc(-c2ccc3nc4n(c3c2)CCC4)cn1. The lowest BCUT2D eigenvalue weighted by Crippen LogP contribution is -1.92. The highest BCUT2D eigenvalue weighted by Crippen LogP contribution is 2.27. The largest absolute Gasteiger partial charge is 0.390 e. The molecule has 100 valence electrons. The van der Waals surface area contributed by atoms with E-state index in [1.54, 1.807) is 0 Å². The number of aryl methyl sites for hydroxylation is 2. The minimum Gasteiger partial charge on any atom is -0.390 e. The van der Waals surface area contributed by atoms with E-state index in [1.165, 1.54) is 17.8 Å². The van der Waals surface area contributed by atoms with Gasteiger partial charge in [0.1, 0.15) is 5.82 Å². The molecule has 3 heterocycles. The van der Waals surface area contributed by atoms with Crippen LogP contribution in [0.5, 0.6) is 0 Å². The van der Waals surface area contributed by atoms with E-state index in [9.17, 15) is 0 Å². The van der Waals surface area contributed by atoms with Gasteiger partial charge >= 0.3 is 0 Å². The molecule has 1 aromatic carbocycles. The number of rotatable bonds is 2. The molecule has 0 spiro atoms. The summed E-state index contributed by atoms with van der Waals surface area (Å²) in [6.45, 7) is 1.05. The Morgan fingerprint density at radius 3 is 2.85 bits per heavy atom. The molecular formula is C16H15N3O. The molecule has 0 fully saturated rings. The first-order valence-electron chi connectivity index (χ1n) is 6.90. The van der Waals surface area contributed by atoms with E-state index in [2.05, 4.69) is 32.7 Å². The molecule has 0 saturated carbocycles. The molecule has 4 rings (SSSR count). The quantitative estimate of drug-likeness (QED) is 0.774. The van der Waals surface area contributed by atoms with Gasteiger partial charge in [0.15, 0.2) is 0 Å². The number of fused-ring (bicyclic) bond motifs is 3. The Morgan fingerprint density at radius 1 is 1.15 bits per heavy atom. The minimum absolute atomic E-state index is 0.0184. The third-order valence-electron chi connectivity index (χ3n) is 3.93. The van der Waals surface area contributed by atoms with Crippen molar-refractivity contribution in [2.45, 2.75) is 26.0 Å². The van der Waals surface area contributed by atoms with Crippen molar-refractivity contribution in [3.8, 4) is 11.1 Å². The van der Waals surface area contributed by atoms with Gasteiger partial charge in [-0.25, -0.2) is 4.98 Å². The molecule has 4 heteroatoms. The number of hydrogen-bond donors (Lipinski definition) is 1. The van der Waals surface area contributed by atoms with E-state index in [0.29, 0.717) is 5.69 Å². The second kappa shape index (κ2) is 4.42. The molecular weight excluding hydrogens is 250 g/mol. The highest BCUT2D eigenvalue weighted by Gasteiger charge is 2.16. The fourth-order valence-electron chi connectivity index (χ4n) is 2.88. The van der Waals surface area contributed by atoms with E-state index in [1.807, 2.05) is 18.3 Å². The number of pyridine rings is 1. The standard InChI is InChI=1S/C16H15N3O/c20-10-13-5-3-12(9-17-13)11-4-6-14-15(8-11)19-7-1-2-16(19)18-14/h3-6,8-9,20H,1-2,7,10H2. The summed E-state index contributed by atoms with van der Waals surface area (Å²) in [5.74, 6) is 1.20. The Hall–Kier alpha value is -2.20. The maximum Gasteiger partial charge on any atom is 0.109 e. The van der Waals surface area contributed by atoms with E-state index < -0.39 is 0 Å². The molecule has 3 aromatic rings. The molecule has 0 aliphatic carbocycles. The molecule has 0 saturated heterocycles. The topological polar surface area (TPSA) is 50.9 Å². The molecule has 20 heavy (non-hydrogen) atoms. The van der Waals surface area contributed by atoms with Crippen LogP contribution in [0.15, 0.2) is 36.5 Å². The molecule has 0 unspecified atom stereocenters. The zero-order chi connectivity index (χ0) is 13.5. The number of imidazole rings is 1. The molecule has 1 N–H and O–H groups in total. The monoisotopic (exact) mass is 265 g/mol. The van der Waals surface area contributed by atoms with Crippen LogP contribution in [0, 0.1) is 0 Å². The second-order valence-electron chi connectivity index (χ2n) is 5.18. The van der Waals surface area contributed by atoms with Crippen LogP contribution in [0.25, 0.3) is 22.2 Å². The van der Waals surface area contributed by atoms with Gasteiger partial charge in [0.2, 0.25) is 0 Å². The van der Waals surface area contributed by atoms with Crippen LogP contribution in [-0.4, -0.2) is 19.6 Å². The predicted molar refractivity (Wildman–Crippen MR) is 77.2 cm³/mol. The maximum atomic E-state index is 9.04. The zero-order valence-corrected chi connectivity index (χ0v) is 11.1. The van der Waals surface area contributed by atoms with E-state index >= 15 is 0 Å². The maximum absolute atomic E-state index is 9.04. The smallest absolute Gasteiger partial charge is 0.109 e. The van der Waals surface area contributed by atoms with Crippen molar-refractivity contribution in [1.82, 2.24) is 14.5 Å². The van der Waals surface area contributed by atoms with Gasteiger partial charge in [-0.2, -0.15) is 0 Å². The van der Waals surface area contributed by atoms with Gasteiger partial charge < -0.3 is 9.67 Å². The summed E-state index contributed by atoms with van der Waals surface area (Å²) in [6, 6.07) is 10.2. The summed E-state index contributed by atoms with van der Waals surface area (Å²) in [5, 5.41) is 9.04. The van der Waals surface area contributed by atoms with E-state index in [4.69, 9.17) is 5.11 Å². The van der Waals surface area contributed by atoms with Crippen molar-refractivity contribution in [3.63, 3.8) is 0 Å². The van der Waals surface area contributed by atoms with Crippen LogP contribution < -0.4 is 0 Å². The zero-order valence-electron chi connectivity index (χ0n) is 11.1. The molecule has 1 aliphatic heterocycles. The highest BCUT2D eigenvalue weighted by atomic mass is 16.3. The molecule has 0 radical (unpaired) electrons. The van der Waals surface area contributed by atoms with Crippen LogP contribution in [0.1, 0.15) is 17.9 Å². The molecule has 0 bridgehead atoms. The molecule has 4 nitrogen and oxygen atoms in total. The van der Waals surface area contributed by atoms with Gasteiger partial charge in [-0.05, 0) is 30.2 Å². The Bertz CT molecular complexity index is 774. The minimum atomic E-state index is -0.0184. The highest BCUT2D eigenvalue weighted by molar-refractivity contribution is 5.82. The van der Waals surface area contributed by atoms with E-state index in [-0.39, 0.29) is 6.61 Å². The second-order valence-corrected chi connectivity index (χ2v) is 5.18. The van der Waals surface area contributed by atoms with Crippen LogP contribution in [0.2, 0.25) is 0 Å². The van der Waals surface area contributed by atoms with Crippen molar-refractivity contribution >= 4 is 11.0 Å². The number of nitrogens with zero attached hydrogens (tertiary/aromatic N) is 3. The summed E-state index contributed by atoms with van der Waals surface area (Å²) in [4.78, 5) is 8.91. The van der Waals surface area contributed by atoms with Gasteiger partial charge in [-0.15, -0.1) is 0 Å². The van der Waals surface area contributed by atoms with Gasteiger partial charge in [-0.1, -0.05) is 12.1 Å². The number of aromatic nitrogens is 3. The van der Waals surface area contributed by atoms with Crippen molar-refractivity contribution in [1.29, 1.82) is 0 Å². The number of benzene rings is 1. The van der Waals surface area contributed by atoms with Crippen LogP contribution in [0.4, 0.5) is 0 Å². The van der Waals surface area contributed by atoms with Gasteiger partial charge in [0.25, 0.3) is 0 Å². The first-order chi connectivity index (χ1) is 9.85. The van der Waals surface area contributed by atoms with Gasteiger partial charge in [-0.3, -0.25) is 4.98 Å². The molecule has 0 amide bonds. The van der Waals surface area contributed by atoms with Gasteiger partial charge in [0, 0.05) is 24.7 Å². The lowest BCUT2D eigenvalue weighted by Gasteiger charge is -2.04. The number of aliphatic hydroxyl groups is 1. The molecule has 0 atom stereocenters. The van der Waals surface area contributed by atoms with Crippen molar-refractivity contribution in [2.24, 2.45) is 0 Å². The molecule has 2 aromatic heterocycles. The van der Waals surface area contributed by atoms with Crippen molar-refractivity contribution in [2.75, 3.05) is 0 Å². The Labute approximate surface area is 116 Å². The Morgan fingerprint density at radius 2 is 2.05 bits per heavy atom. The van der Waals surface area contributed by atoms with Crippen LogP contribution >= 0.6 is 0 Å². The molecule has 1 aliphatic rings. The summed E-state index contributed by atoms with van der Waals surface area (Å²) in [5.41, 5.74) is 5.19. The van der Waals surface area contributed by atoms with Crippen molar-refractivity contribution < 1.29 is 5.11 Å². The summed E-state index contributed by atoms with van der Waals surface area (Å²) in [7, 11) is 0. The third-order valence-corrected chi connectivity index (χ3v) is 3.93. The lowest BCUT2D eigenvalue weighted by atomic mass is 10.1. The van der Waals surface area contributed by atoms with Gasteiger partial charge in [0.05, 0.1) is 23.3 Å². The predicted octanol–water partition coefficient (Wildman–Crippen LogP) is 2.54. The Balaban J connectivity index is 1.83. The summed E-state index contributed by atoms with van der Waals surface area (Å²) < 4.78 is 2.31. The average molecular weight is 265 g/mol. The lowest BCUT2D eigenvalue weighted by molar-refractivity contribution is 0.277. The fraction of sp³-hybridized carbons (Fsp3) is 0.250. The average Bonchev–Trinajstić information content (AvgIpc) is 3.07. The first-order valence-corrected chi connectivity index (χ1v) is 6.90. The number of hydrogen-bond acceptors (Lipinski definition) is 3. The fourth-order valence-corrected chi connectivity index (χ4v) is 2.88. The number of aliphatic hydroxyl groups excluding tert-OH is 1.